The van der Waals surface area contributed by atoms with Crippen LogP contribution < -0.4 is 5.73 Å². The van der Waals surface area contributed by atoms with Crippen molar-refractivity contribution in [1.29, 1.82) is 0 Å². The number of alkyl halides is 3. The molecular formula is C20H22F3N3O5. The Balaban J connectivity index is 0.000000339. The van der Waals surface area contributed by atoms with Crippen LogP contribution in [0.2, 0.25) is 0 Å². The fraction of sp³-hybridized carbons (Fsp3) is 0.500. The van der Waals surface area contributed by atoms with Crippen molar-refractivity contribution in [3.63, 3.8) is 0 Å². The number of fused-ring (bicyclic) bond motifs is 2. The molecule has 1 aliphatic heterocycles. The van der Waals surface area contributed by atoms with E-state index in [0.717, 1.165) is 17.5 Å². The lowest BCUT2D eigenvalue weighted by Crippen LogP contribution is -2.38. The standard InChI is InChI=1S/C18H21N3O3.C2HF3O2/c1-16(2)17(3)8-9-18(16,23-15(17)22)14-20-13(21-24-14)12-6-4-11(10-19)5-7-12;3-2(4,5)1(6)7/h4-7H,8-10,19H2,1-3H3;(H,6,7)/t17-,18+;/m0./s1. The molecule has 2 fully saturated rings. The quantitative estimate of drug-likeness (QED) is 0.694. The van der Waals surface area contributed by atoms with Gasteiger partial charge in [0.2, 0.25) is 5.82 Å². The van der Waals surface area contributed by atoms with E-state index in [-0.39, 0.29) is 5.97 Å². The molecule has 31 heavy (non-hydrogen) atoms. The summed E-state index contributed by atoms with van der Waals surface area (Å²) in [7, 11) is 0. The summed E-state index contributed by atoms with van der Waals surface area (Å²) in [5.74, 6) is -2.05. The molecule has 8 nitrogen and oxygen atoms in total. The summed E-state index contributed by atoms with van der Waals surface area (Å²) >= 11 is 0. The SMILES string of the molecule is CC1(C)[C@@]2(C)CC[C@]1(c1nc(-c3ccc(CN)cc3)no1)OC2=O.O=C(O)C(F)(F)F. The number of carboxylic acids is 1. The van der Waals surface area contributed by atoms with E-state index in [1.807, 2.05) is 45.0 Å². The maximum Gasteiger partial charge on any atom is 0.490 e. The van der Waals surface area contributed by atoms with Crippen LogP contribution in [0.15, 0.2) is 28.8 Å². The normalized spacial score (nSPS) is 26.2. The Morgan fingerprint density at radius 3 is 2.19 bits per heavy atom. The molecule has 3 N–H and O–H groups in total. The number of hydrogen-bond acceptors (Lipinski definition) is 7. The first-order valence-corrected chi connectivity index (χ1v) is 9.45. The van der Waals surface area contributed by atoms with Crippen LogP contribution in [0.4, 0.5) is 13.2 Å². The molecule has 1 saturated heterocycles. The molecular weight excluding hydrogens is 419 g/mol. The Hall–Kier alpha value is -2.95. The van der Waals surface area contributed by atoms with Gasteiger partial charge in [-0.3, -0.25) is 4.79 Å². The lowest BCUT2D eigenvalue weighted by atomic mass is 9.66. The molecule has 0 unspecified atom stereocenters. The van der Waals surface area contributed by atoms with Gasteiger partial charge < -0.3 is 20.1 Å². The predicted octanol–water partition coefficient (Wildman–Crippen LogP) is 3.41. The number of benzene rings is 1. The van der Waals surface area contributed by atoms with Gasteiger partial charge in [0.15, 0.2) is 5.60 Å². The molecule has 0 amide bonds. The minimum absolute atomic E-state index is 0.175. The molecule has 0 radical (unpaired) electrons. The van der Waals surface area contributed by atoms with Crippen molar-refractivity contribution in [3.8, 4) is 11.4 Å². The first-order valence-electron chi connectivity index (χ1n) is 9.45. The van der Waals surface area contributed by atoms with E-state index in [9.17, 15) is 18.0 Å². The van der Waals surface area contributed by atoms with Crippen LogP contribution >= 0.6 is 0 Å². The second-order valence-corrected chi connectivity index (χ2v) is 8.30. The Labute approximate surface area is 175 Å². The number of carboxylic acid groups (broad SMARTS) is 1. The lowest BCUT2D eigenvalue weighted by Gasteiger charge is -2.33. The van der Waals surface area contributed by atoms with Crippen LogP contribution in [0.3, 0.4) is 0 Å². The summed E-state index contributed by atoms with van der Waals surface area (Å²) < 4.78 is 43.1. The molecule has 2 heterocycles. The molecule has 1 aromatic carbocycles. The van der Waals surface area contributed by atoms with Crippen LogP contribution in [0, 0.1) is 10.8 Å². The van der Waals surface area contributed by atoms with Gasteiger partial charge >= 0.3 is 18.1 Å². The van der Waals surface area contributed by atoms with Gasteiger partial charge in [0.1, 0.15) is 0 Å². The number of rotatable bonds is 3. The molecule has 2 atom stereocenters. The maximum atomic E-state index is 12.4. The number of esters is 1. The zero-order valence-corrected chi connectivity index (χ0v) is 17.1. The number of ether oxygens (including phenoxy) is 1. The van der Waals surface area contributed by atoms with Gasteiger partial charge in [-0.25, -0.2) is 4.79 Å². The van der Waals surface area contributed by atoms with Gasteiger partial charge in [-0.15, -0.1) is 0 Å². The fourth-order valence-corrected chi connectivity index (χ4v) is 4.02. The number of nitrogens with zero attached hydrogens (tertiary/aromatic N) is 2. The highest BCUT2D eigenvalue weighted by molar-refractivity contribution is 5.82. The number of halogens is 3. The summed E-state index contributed by atoms with van der Waals surface area (Å²) in [6.45, 7) is 6.55. The second-order valence-electron chi connectivity index (χ2n) is 8.30. The Bertz CT molecular complexity index is 1000. The van der Waals surface area contributed by atoms with Crippen molar-refractivity contribution in [3.05, 3.63) is 35.7 Å². The largest absolute Gasteiger partial charge is 0.490 e. The highest BCUT2D eigenvalue weighted by Crippen LogP contribution is 2.69. The number of carbonyl (C=O) groups excluding carboxylic acids is 1. The topological polar surface area (TPSA) is 129 Å². The van der Waals surface area contributed by atoms with Crippen molar-refractivity contribution in [2.24, 2.45) is 16.6 Å². The molecule has 4 rings (SSSR count). The fourth-order valence-electron chi connectivity index (χ4n) is 4.02. The number of nitrogens with two attached hydrogens (primary N) is 1. The molecule has 1 aliphatic carbocycles. The third kappa shape index (κ3) is 3.46. The van der Waals surface area contributed by atoms with Gasteiger partial charge in [-0.05, 0) is 25.3 Å². The van der Waals surface area contributed by atoms with Crippen molar-refractivity contribution >= 4 is 11.9 Å². The first-order chi connectivity index (χ1) is 14.3. The van der Waals surface area contributed by atoms with Gasteiger partial charge in [0.05, 0.1) is 5.41 Å². The van der Waals surface area contributed by atoms with Crippen LogP contribution in [0.5, 0.6) is 0 Å². The number of aromatic nitrogens is 2. The molecule has 0 spiro atoms. The van der Waals surface area contributed by atoms with Crippen molar-refractivity contribution in [2.45, 2.75) is 51.9 Å². The zero-order valence-electron chi connectivity index (χ0n) is 17.1. The molecule has 1 saturated carbocycles. The van der Waals surface area contributed by atoms with E-state index in [1.54, 1.807) is 0 Å². The monoisotopic (exact) mass is 441 g/mol. The van der Waals surface area contributed by atoms with E-state index in [0.29, 0.717) is 24.7 Å². The lowest BCUT2D eigenvalue weighted by molar-refractivity contribution is -0.192. The molecule has 2 bridgehead atoms. The predicted molar refractivity (Wildman–Crippen MR) is 100 cm³/mol. The van der Waals surface area contributed by atoms with E-state index < -0.39 is 28.6 Å². The summed E-state index contributed by atoms with van der Waals surface area (Å²) in [5, 5.41) is 11.2. The van der Waals surface area contributed by atoms with E-state index >= 15 is 0 Å². The van der Waals surface area contributed by atoms with E-state index in [4.69, 9.17) is 24.9 Å². The van der Waals surface area contributed by atoms with Crippen molar-refractivity contribution < 1.29 is 37.1 Å². The average molecular weight is 441 g/mol. The number of carbonyl (C=O) groups is 2. The van der Waals surface area contributed by atoms with Crippen LogP contribution in [-0.2, 0) is 26.5 Å². The second kappa shape index (κ2) is 7.33. The highest BCUT2D eigenvalue weighted by atomic mass is 19.4. The van der Waals surface area contributed by atoms with Gasteiger partial charge in [-0.2, -0.15) is 18.2 Å². The highest BCUT2D eigenvalue weighted by Gasteiger charge is 2.75. The Kier molecular flexibility index (Phi) is 5.37. The summed E-state index contributed by atoms with van der Waals surface area (Å²) in [5.41, 5.74) is 5.77. The molecule has 1 aromatic heterocycles. The Morgan fingerprint density at radius 2 is 1.77 bits per heavy atom. The first kappa shape index (κ1) is 22.7. The molecule has 11 heteroatoms. The number of hydrogen-bond donors (Lipinski definition) is 2. The van der Waals surface area contributed by atoms with E-state index in [1.165, 1.54) is 0 Å². The van der Waals surface area contributed by atoms with Gasteiger partial charge in [-0.1, -0.05) is 43.3 Å². The molecule has 2 aromatic rings. The Morgan fingerprint density at radius 1 is 1.19 bits per heavy atom. The minimum atomic E-state index is -5.08. The minimum Gasteiger partial charge on any atom is -0.475 e. The van der Waals surface area contributed by atoms with Crippen LogP contribution in [0.25, 0.3) is 11.4 Å². The maximum absolute atomic E-state index is 12.4. The smallest absolute Gasteiger partial charge is 0.475 e. The van der Waals surface area contributed by atoms with Crippen molar-refractivity contribution in [1.82, 2.24) is 10.1 Å². The summed E-state index contributed by atoms with van der Waals surface area (Å²) in [6.07, 6.45) is -3.61. The summed E-state index contributed by atoms with van der Waals surface area (Å²) in [4.78, 5) is 25.8. The summed E-state index contributed by atoms with van der Waals surface area (Å²) in [6, 6.07) is 7.71. The molecule has 168 valence electrons. The van der Waals surface area contributed by atoms with E-state index in [2.05, 4.69) is 10.1 Å². The third-order valence-electron chi connectivity index (χ3n) is 6.55. The average Bonchev–Trinajstić information content (AvgIpc) is 3.30. The van der Waals surface area contributed by atoms with Crippen molar-refractivity contribution in [2.75, 3.05) is 0 Å². The number of aliphatic carboxylic acids is 1. The van der Waals surface area contributed by atoms with Gasteiger partial charge in [0.25, 0.3) is 5.89 Å². The van der Waals surface area contributed by atoms with Gasteiger partial charge in [0, 0.05) is 17.5 Å². The third-order valence-corrected chi connectivity index (χ3v) is 6.55. The zero-order chi connectivity index (χ0) is 23.2. The van der Waals surface area contributed by atoms with Crippen LogP contribution in [0.1, 0.15) is 45.1 Å². The molecule has 2 aliphatic rings. The van der Waals surface area contributed by atoms with Crippen LogP contribution in [-0.4, -0.2) is 33.4 Å².